The Balaban J connectivity index is 1.62. The fourth-order valence-electron chi connectivity index (χ4n) is 4.91. The first-order valence-corrected chi connectivity index (χ1v) is 14.0. The van der Waals surface area contributed by atoms with E-state index >= 15 is 0 Å². The predicted octanol–water partition coefficient (Wildman–Crippen LogP) is 4.56. The normalized spacial score (nSPS) is 14.8. The first-order valence-electron chi connectivity index (χ1n) is 13.2. The van der Waals surface area contributed by atoms with E-state index in [1.807, 2.05) is 45.9 Å². The zero-order chi connectivity index (χ0) is 28.7. The van der Waals surface area contributed by atoms with Gasteiger partial charge < -0.3 is 10.2 Å². The molecule has 2 amide bonds. The molecule has 4 aromatic rings. The fraction of sp³-hybridized carbons (Fsp3) is 0.300. The van der Waals surface area contributed by atoms with Gasteiger partial charge in [-0.05, 0) is 80.3 Å². The summed E-state index contributed by atoms with van der Waals surface area (Å²) < 4.78 is 4.08. The van der Waals surface area contributed by atoms with Crippen LogP contribution in [0.3, 0.4) is 0 Å². The van der Waals surface area contributed by atoms with Crippen molar-refractivity contribution in [2.75, 3.05) is 7.05 Å². The monoisotopic (exact) mass is 602 g/mol. The lowest BCUT2D eigenvalue weighted by atomic mass is 9.98. The van der Waals surface area contributed by atoms with Gasteiger partial charge in [0.2, 0.25) is 5.95 Å². The molecule has 1 aliphatic rings. The SMILES string of the molecule is CNC(=O)c1ccc(-n2c(-n3ccc(C(C)C)n3)nc3c(c2=O)C[C@H](C)N(C(=O)c2ccc(Br)c(C)c2)C3)cc1. The van der Waals surface area contributed by atoms with E-state index in [9.17, 15) is 14.4 Å². The molecule has 0 radical (unpaired) electrons. The van der Waals surface area contributed by atoms with Crippen molar-refractivity contribution in [2.45, 2.75) is 52.6 Å². The molecule has 0 bridgehead atoms. The Labute approximate surface area is 241 Å². The second-order valence-electron chi connectivity index (χ2n) is 10.4. The molecule has 0 fully saturated rings. The van der Waals surface area contributed by atoms with Crippen LogP contribution in [0.15, 0.2) is 64.0 Å². The molecule has 1 aliphatic heterocycles. The third kappa shape index (κ3) is 4.99. The molecule has 1 N–H and O–H groups in total. The molecule has 0 saturated carbocycles. The summed E-state index contributed by atoms with van der Waals surface area (Å²) in [5.74, 6) is 0.196. The second-order valence-corrected chi connectivity index (χ2v) is 11.2. The minimum Gasteiger partial charge on any atom is -0.355 e. The van der Waals surface area contributed by atoms with Crippen LogP contribution in [0.5, 0.6) is 0 Å². The van der Waals surface area contributed by atoms with Gasteiger partial charge in [0.05, 0.1) is 23.6 Å². The fourth-order valence-corrected chi connectivity index (χ4v) is 5.16. The maximum Gasteiger partial charge on any atom is 0.263 e. The smallest absolute Gasteiger partial charge is 0.263 e. The van der Waals surface area contributed by atoms with Gasteiger partial charge in [-0.25, -0.2) is 14.2 Å². The van der Waals surface area contributed by atoms with Gasteiger partial charge >= 0.3 is 0 Å². The van der Waals surface area contributed by atoms with Gasteiger partial charge in [-0.2, -0.15) is 5.10 Å². The van der Waals surface area contributed by atoms with Crippen LogP contribution in [-0.4, -0.2) is 49.1 Å². The highest BCUT2D eigenvalue weighted by Gasteiger charge is 2.32. The van der Waals surface area contributed by atoms with Gasteiger partial charge in [0.25, 0.3) is 17.4 Å². The highest BCUT2D eigenvalue weighted by Crippen LogP contribution is 2.26. The first kappa shape index (κ1) is 27.5. The van der Waals surface area contributed by atoms with Crippen molar-refractivity contribution in [2.24, 2.45) is 0 Å². The Morgan fingerprint density at radius 2 is 1.77 bits per heavy atom. The van der Waals surface area contributed by atoms with E-state index in [1.165, 1.54) is 4.57 Å². The largest absolute Gasteiger partial charge is 0.355 e. The first-order chi connectivity index (χ1) is 19.1. The number of aromatic nitrogens is 4. The van der Waals surface area contributed by atoms with E-state index in [-0.39, 0.29) is 35.9 Å². The molecule has 2 aromatic carbocycles. The van der Waals surface area contributed by atoms with Crippen LogP contribution >= 0.6 is 15.9 Å². The number of hydrogen-bond donors (Lipinski definition) is 1. The van der Waals surface area contributed by atoms with Crippen LogP contribution in [0.2, 0.25) is 0 Å². The minimum absolute atomic E-state index is 0.104. The molecular weight excluding hydrogens is 572 g/mol. The molecule has 40 heavy (non-hydrogen) atoms. The number of nitrogens with one attached hydrogen (secondary N) is 1. The van der Waals surface area contributed by atoms with Crippen molar-refractivity contribution < 1.29 is 9.59 Å². The number of rotatable bonds is 5. The van der Waals surface area contributed by atoms with E-state index in [1.54, 1.807) is 53.2 Å². The Kier molecular flexibility index (Phi) is 7.46. The van der Waals surface area contributed by atoms with E-state index in [2.05, 4.69) is 21.2 Å². The molecule has 0 spiro atoms. The highest BCUT2D eigenvalue weighted by atomic mass is 79.9. The number of carbonyl (C=O) groups excluding carboxylic acids is 2. The lowest BCUT2D eigenvalue weighted by Crippen LogP contribution is -2.46. The van der Waals surface area contributed by atoms with E-state index < -0.39 is 0 Å². The van der Waals surface area contributed by atoms with E-state index in [4.69, 9.17) is 10.1 Å². The third-order valence-corrected chi connectivity index (χ3v) is 8.17. The summed E-state index contributed by atoms with van der Waals surface area (Å²) in [6, 6.07) is 14.1. The standard InChI is InChI=1S/C30H31BrN6O3/c1-17(2)25-12-13-36(34-25)30-33-26-16-35(28(39)21-8-11-24(31)18(3)14-21)19(4)15-23(26)29(40)37(30)22-9-6-20(7-10-22)27(38)32-5/h6-14,17,19H,15-16H2,1-5H3,(H,32,38)/t19-/m0/s1. The summed E-state index contributed by atoms with van der Waals surface area (Å²) in [4.78, 5) is 46.4. The zero-order valence-electron chi connectivity index (χ0n) is 23.1. The minimum atomic E-state index is -0.215. The summed E-state index contributed by atoms with van der Waals surface area (Å²) in [5, 5.41) is 7.31. The van der Waals surface area contributed by atoms with Gasteiger partial charge in [-0.15, -0.1) is 0 Å². The molecule has 9 nitrogen and oxygen atoms in total. The summed E-state index contributed by atoms with van der Waals surface area (Å²) >= 11 is 3.50. The van der Waals surface area contributed by atoms with Gasteiger partial charge in [0.1, 0.15) is 0 Å². The van der Waals surface area contributed by atoms with E-state index in [0.717, 1.165) is 15.7 Å². The molecular formula is C30H31BrN6O3. The second kappa shape index (κ2) is 10.8. The van der Waals surface area contributed by atoms with Crippen molar-refractivity contribution in [3.63, 3.8) is 0 Å². The molecule has 0 aliphatic carbocycles. The van der Waals surface area contributed by atoms with Crippen LogP contribution in [0, 0.1) is 6.92 Å². The maximum atomic E-state index is 14.1. The molecule has 5 rings (SSSR count). The molecule has 10 heteroatoms. The molecule has 206 valence electrons. The number of amides is 2. The number of benzene rings is 2. The Bertz CT molecular complexity index is 1670. The summed E-state index contributed by atoms with van der Waals surface area (Å²) in [5.41, 5.74) is 4.40. The van der Waals surface area contributed by atoms with Gasteiger partial charge in [0.15, 0.2) is 0 Å². The average Bonchev–Trinajstić information content (AvgIpc) is 3.45. The maximum absolute atomic E-state index is 14.1. The molecule has 0 saturated heterocycles. The number of hydrogen-bond acceptors (Lipinski definition) is 5. The average molecular weight is 604 g/mol. The van der Waals surface area contributed by atoms with Crippen molar-refractivity contribution in [3.05, 3.63) is 103 Å². The Hall–Kier alpha value is -4.05. The van der Waals surface area contributed by atoms with E-state index in [0.29, 0.717) is 40.4 Å². The van der Waals surface area contributed by atoms with Crippen LogP contribution in [-0.2, 0) is 13.0 Å². The van der Waals surface area contributed by atoms with Crippen LogP contribution in [0.1, 0.15) is 69.9 Å². The van der Waals surface area contributed by atoms with Crippen molar-refractivity contribution in [1.29, 1.82) is 0 Å². The van der Waals surface area contributed by atoms with Crippen LogP contribution < -0.4 is 10.9 Å². The summed E-state index contributed by atoms with van der Waals surface area (Å²) in [6.07, 6.45) is 2.16. The van der Waals surface area contributed by atoms with Crippen LogP contribution in [0.25, 0.3) is 11.6 Å². The predicted molar refractivity (Wildman–Crippen MR) is 156 cm³/mol. The van der Waals surface area contributed by atoms with Crippen molar-refractivity contribution >= 4 is 27.7 Å². The number of halogens is 1. The van der Waals surface area contributed by atoms with Gasteiger partial charge in [0, 0.05) is 40.4 Å². The van der Waals surface area contributed by atoms with Crippen molar-refractivity contribution in [3.8, 4) is 11.6 Å². The summed E-state index contributed by atoms with van der Waals surface area (Å²) in [7, 11) is 1.57. The molecule has 1 atom stereocenters. The quantitative estimate of drug-likeness (QED) is 0.361. The lowest BCUT2D eigenvalue weighted by molar-refractivity contribution is 0.0652. The Morgan fingerprint density at radius 3 is 2.40 bits per heavy atom. The Morgan fingerprint density at radius 1 is 1.07 bits per heavy atom. The lowest BCUT2D eigenvalue weighted by Gasteiger charge is -2.34. The van der Waals surface area contributed by atoms with Crippen molar-refractivity contribution in [1.82, 2.24) is 29.5 Å². The highest BCUT2D eigenvalue weighted by molar-refractivity contribution is 9.10. The van der Waals surface area contributed by atoms with Gasteiger partial charge in [-0.1, -0.05) is 29.8 Å². The summed E-state index contributed by atoms with van der Waals surface area (Å²) in [6.45, 7) is 8.20. The number of nitrogens with zero attached hydrogens (tertiary/aromatic N) is 5. The number of fused-ring (bicyclic) bond motifs is 1. The molecule has 2 aromatic heterocycles. The zero-order valence-corrected chi connectivity index (χ0v) is 24.7. The number of carbonyl (C=O) groups is 2. The third-order valence-electron chi connectivity index (χ3n) is 7.28. The van der Waals surface area contributed by atoms with Gasteiger partial charge in [-0.3, -0.25) is 14.4 Å². The number of aryl methyl sites for hydroxylation is 1. The topological polar surface area (TPSA) is 102 Å². The molecule has 0 unspecified atom stereocenters. The van der Waals surface area contributed by atoms with Crippen LogP contribution in [0.4, 0.5) is 0 Å². The molecule has 3 heterocycles.